The van der Waals surface area contributed by atoms with E-state index in [0.29, 0.717) is 16.9 Å². The molecule has 84 valence electrons. The van der Waals surface area contributed by atoms with Crippen LogP contribution in [0, 0.1) is 12.8 Å². The van der Waals surface area contributed by atoms with E-state index in [0.717, 1.165) is 18.8 Å². The SMILES string of the molecule is Cc1nc(Cl)cc(NCC(C)CCO)n1. The monoisotopic (exact) mass is 229 g/mol. The molecule has 1 aromatic heterocycles. The maximum absolute atomic E-state index is 8.75. The zero-order chi connectivity index (χ0) is 11.3. The molecule has 0 saturated carbocycles. The number of aromatic nitrogens is 2. The lowest BCUT2D eigenvalue weighted by molar-refractivity contribution is 0.266. The van der Waals surface area contributed by atoms with Crippen molar-refractivity contribution in [1.29, 1.82) is 0 Å². The second-order valence-corrected chi connectivity index (χ2v) is 4.01. The molecule has 0 radical (unpaired) electrons. The van der Waals surface area contributed by atoms with Crippen molar-refractivity contribution in [2.45, 2.75) is 20.3 Å². The second-order valence-electron chi connectivity index (χ2n) is 3.62. The highest BCUT2D eigenvalue weighted by Gasteiger charge is 2.03. The van der Waals surface area contributed by atoms with Crippen LogP contribution in [0.15, 0.2) is 6.07 Å². The molecule has 15 heavy (non-hydrogen) atoms. The van der Waals surface area contributed by atoms with Crippen LogP contribution in [0.25, 0.3) is 0 Å². The zero-order valence-electron chi connectivity index (χ0n) is 9.00. The van der Waals surface area contributed by atoms with Crippen molar-refractivity contribution in [3.05, 3.63) is 17.0 Å². The molecular formula is C10H16ClN3O. The summed E-state index contributed by atoms with van der Waals surface area (Å²) in [6.45, 7) is 4.85. The van der Waals surface area contributed by atoms with Gasteiger partial charge < -0.3 is 10.4 Å². The van der Waals surface area contributed by atoms with E-state index in [-0.39, 0.29) is 6.61 Å². The lowest BCUT2D eigenvalue weighted by Gasteiger charge is -2.11. The maximum atomic E-state index is 8.75. The number of aliphatic hydroxyl groups is 1. The van der Waals surface area contributed by atoms with Crippen LogP contribution in [0.5, 0.6) is 0 Å². The molecule has 0 amide bonds. The van der Waals surface area contributed by atoms with Gasteiger partial charge in [0.25, 0.3) is 0 Å². The minimum absolute atomic E-state index is 0.215. The molecule has 0 aliphatic carbocycles. The van der Waals surface area contributed by atoms with Gasteiger partial charge in [0.15, 0.2) is 0 Å². The summed E-state index contributed by atoms with van der Waals surface area (Å²) in [5.41, 5.74) is 0. The minimum atomic E-state index is 0.215. The Hall–Kier alpha value is -0.870. The normalized spacial score (nSPS) is 12.5. The smallest absolute Gasteiger partial charge is 0.134 e. The first-order valence-corrected chi connectivity index (χ1v) is 5.35. The van der Waals surface area contributed by atoms with Crippen molar-refractivity contribution in [2.75, 3.05) is 18.5 Å². The Morgan fingerprint density at radius 1 is 1.53 bits per heavy atom. The highest BCUT2D eigenvalue weighted by molar-refractivity contribution is 6.29. The third-order valence-electron chi connectivity index (χ3n) is 2.06. The van der Waals surface area contributed by atoms with Crippen molar-refractivity contribution in [1.82, 2.24) is 9.97 Å². The van der Waals surface area contributed by atoms with Gasteiger partial charge in [-0.2, -0.15) is 0 Å². The molecule has 0 aliphatic heterocycles. The lowest BCUT2D eigenvalue weighted by Crippen LogP contribution is -2.13. The van der Waals surface area contributed by atoms with Crippen molar-refractivity contribution in [3.63, 3.8) is 0 Å². The summed E-state index contributed by atoms with van der Waals surface area (Å²) in [5.74, 6) is 1.79. The molecule has 0 aromatic carbocycles. The number of hydrogen-bond acceptors (Lipinski definition) is 4. The summed E-state index contributed by atoms with van der Waals surface area (Å²) in [4.78, 5) is 8.17. The number of rotatable bonds is 5. The number of nitrogens with one attached hydrogen (secondary N) is 1. The summed E-state index contributed by atoms with van der Waals surface area (Å²) in [5, 5.41) is 12.4. The number of aryl methyl sites for hydroxylation is 1. The highest BCUT2D eigenvalue weighted by atomic mass is 35.5. The Balaban J connectivity index is 2.50. The van der Waals surface area contributed by atoms with Crippen LogP contribution < -0.4 is 5.32 Å². The van der Waals surface area contributed by atoms with Gasteiger partial charge in [-0.05, 0) is 19.3 Å². The second kappa shape index (κ2) is 5.88. The highest BCUT2D eigenvalue weighted by Crippen LogP contribution is 2.12. The standard InChI is InChI=1S/C10H16ClN3O/c1-7(3-4-15)6-12-10-5-9(11)13-8(2)14-10/h5,7,15H,3-4,6H2,1-2H3,(H,12,13,14). The number of aliphatic hydroxyl groups excluding tert-OH is 1. The fraction of sp³-hybridized carbons (Fsp3) is 0.600. The summed E-state index contributed by atoms with van der Waals surface area (Å²) in [7, 11) is 0. The quantitative estimate of drug-likeness (QED) is 0.757. The summed E-state index contributed by atoms with van der Waals surface area (Å²) in [6, 6.07) is 1.69. The van der Waals surface area contributed by atoms with Crippen LogP contribution in [-0.2, 0) is 0 Å². The third kappa shape index (κ3) is 4.44. The van der Waals surface area contributed by atoms with Crippen LogP contribution in [0.3, 0.4) is 0 Å². The molecule has 0 aliphatic rings. The number of hydrogen-bond donors (Lipinski definition) is 2. The van der Waals surface area contributed by atoms with E-state index in [1.807, 2.05) is 0 Å². The Bertz CT molecular complexity index is 299. The van der Waals surface area contributed by atoms with Crippen molar-refractivity contribution >= 4 is 17.4 Å². The predicted molar refractivity (Wildman–Crippen MR) is 61.1 cm³/mol. The summed E-state index contributed by atoms with van der Waals surface area (Å²) >= 11 is 5.80. The van der Waals surface area contributed by atoms with Crippen molar-refractivity contribution < 1.29 is 5.11 Å². The molecule has 1 unspecified atom stereocenters. The molecule has 0 saturated heterocycles. The molecule has 4 nitrogen and oxygen atoms in total. The molecule has 0 spiro atoms. The first-order chi connectivity index (χ1) is 7.11. The molecule has 1 atom stereocenters. The van der Waals surface area contributed by atoms with Gasteiger partial charge in [-0.25, -0.2) is 9.97 Å². The van der Waals surface area contributed by atoms with E-state index in [9.17, 15) is 0 Å². The van der Waals surface area contributed by atoms with E-state index in [4.69, 9.17) is 16.7 Å². The largest absolute Gasteiger partial charge is 0.396 e. The number of anilines is 1. The Labute approximate surface area is 94.7 Å². The van der Waals surface area contributed by atoms with Gasteiger partial charge in [0.1, 0.15) is 16.8 Å². The lowest BCUT2D eigenvalue weighted by atomic mass is 10.1. The maximum Gasteiger partial charge on any atom is 0.134 e. The zero-order valence-corrected chi connectivity index (χ0v) is 9.75. The molecule has 2 N–H and O–H groups in total. The van der Waals surface area contributed by atoms with Gasteiger partial charge in [-0.1, -0.05) is 18.5 Å². The van der Waals surface area contributed by atoms with Crippen LogP contribution >= 0.6 is 11.6 Å². The topological polar surface area (TPSA) is 58.0 Å². The van der Waals surface area contributed by atoms with E-state index in [1.165, 1.54) is 0 Å². The molecular weight excluding hydrogens is 214 g/mol. The van der Waals surface area contributed by atoms with Crippen LogP contribution in [-0.4, -0.2) is 28.2 Å². The van der Waals surface area contributed by atoms with Gasteiger partial charge in [-0.15, -0.1) is 0 Å². The summed E-state index contributed by atoms with van der Waals surface area (Å²) < 4.78 is 0. The van der Waals surface area contributed by atoms with E-state index < -0.39 is 0 Å². The van der Waals surface area contributed by atoms with Crippen molar-refractivity contribution in [3.8, 4) is 0 Å². The van der Waals surface area contributed by atoms with Gasteiger partial charge in [-0.3, -0.25) is 0 Å². The molecule has 0 bridgehead atoms. The summed E-state index contributed by atoms with van der Waals surface area (Å²) in [6.07, 6.45) is 0.783. The van der Waals surface area contributed by atoms with E-state index >= 15 is 0 Å². The fourth-order valence-corrected chi connectivity index (χ4v) is 1.45. The average molecular weight is 230 g/mol. The van der Waals surface area contributed by atoms with Crippen LogP contribution in [0.2, 0.25) is 5.15 Å². The first-order valence-electron chi connectivity index (χ1n) is 4.97. The van der Waals surface area contributed by atoms with E-state index in [2.05, 4.69) is 22.2 Å². The Morgan fingerprint density at radius 2 is 2.27 bits per heavy atom. The Kier molecular flexibility index (Phi) is 4.78. The van der Waals surface area contributed by atoms with Crippen LogP contribution in [0.4, 0.5) is 5.82 Å². The van der Waals surface area contributed by atoms with Gasteiger partial charge in [0.05, 0.1) is 0 Å². The molecule has 5 heteroatoms. The van der Waals surface area contributed by atoms with E-state index in [1.54, 1.807) is 13.0 Å². The third-order valence-corrected chi connectivity index (χ3v) is 2.25. The Morgan fingerprint density at radius 3 is 2.87 bits per heavy atom. The fourth-order valence-electron chi connectivity index (χ4n) is 1.22. The molecule has 1 aromatic rings. The number of halogens is 1. The minimum Gasteiger partial charge on any atom is -0.396 e. The average Bonchev–Trinajstić information content (AvgIpc) is 2.14. The molecule has 0 fully saturated rings. The molecule has 1 rings (SSSR count). The number of nitrogens with zero attached hydrogens (tertiary/aromatic N) is 2. The molecule has 1 heterocycles. The van der Waals surface area contributed by atoms with Gasteiger partial charge in [0, 0.05) is 19.2 Å². The predicted octanol–water partition coefficient (Wildman–Crippen LogP) is 1.87. The first kappa shape index (κ1) is 12.2. The van der Waals surface area contributed by atoms with Gasteiger partial charge >= 0.3 is 0 Å². The van der Waals surface area contributed by atoms with Crippen LogP contribution in [0.1, 0.15) is 19.2 Å². The van der Waals surface area contributed by atoms with Gasteiger partial charge in [0.2, 0.25) is 0 Å². The van der Waals surface area contributed by atoms with Crippen molar-refractivity contribution in [2.24, 2.45) is 5.92 Å².